The van der Waals surface area contributed by atoms with E-state index in [1.807, 2.05) is 23.8 Å². The van der Waals surface area contributed by atoms with Gasteiger partial charge in [-0.1, -0.05) is 0 Å². The molecule has 2 bridgehead atoms. The minimum Gasteiger partial charge on any atom is -0.323 e. The van der Waals surface area contributed by atoms with E-state index >= 15 is 0 Å². The summed E-state index contributed by atoms with van der Waals surface area (Å²) < 4.78 is 5.10. The van der Waals surface area contributed by atoms with Crippen LogP contribution in [0.15, 0.2) is 29.6 Å². The largest absolute Gasteiger partial charge is 0.330 e. The Hall–Kier alpha value is -3.74. The fraction of sp³-hybridized carbons (Fsp3) is 0.400. The molecule has 30 heavy (non-hydrogen) atoms. The van der Waals surface area contributed by atoms with Gasteiger partial charge in [0, 0.05) is 13.5 Å². The fourth-order valence-corrected chi connectivity index (χ4v) is 5.34. The third-order valence-corrected chi connectivity index (χ3v) is 6.71. The van der Waals surface area contributed by atoms with Crippen molar-refractivity contribution in [2.45, 2.75) is 38.1 Å². The second-order valence-corrected chi connectivity index (χ2v) is 8.73. The van der Waals surface area contributed by atoms with Crippen molar-refractivity contribution in [2.24, 2.45) is 12.5 Å². The van der Waals surface area contributed by atoms with Gasteiger partial charge in [0.2, 0.25) is 5.95 Å². The summed E-state index contributed by atoms with van der Waals surface area (Å²) in [7, 11) is 1.75. The van der Waals surface area contributed by atoms with Gasteiger partial charge in [0.25, 0.3) is 0 Å². The molecule has 0 aromatic carbocycles. The number of hydrogen-bond acceptors (Lipinski definition) is 7. The first kappa shape index (κ1) is 17.1. The molecule has 0 radical (unpaired) electrons. The third kappa shape index (κ3) is 2.09. The molecule has 0 saturated heterocycles. The van der Waals surface area contributed by atoms with Crippen molar-refractivity contribution in [3.63, 3.8) is 0 Å². The van der Waals surface area contributed by atoms with Crippen LogP contribution in [0.4, 0.5) is 11.6 Å². The van der Waals surface area contributed by atoms with Gasteiger partial charge in [-0.2, -0.15) is 15.3 Å². The summed E-state index contributed by atoms with van der Waals surface area (Å²) in [6.07, 6.45) is 8.18. The molecule has 150 valence electrons. The number of nitriles is 1. The number of nitrogens with zero attached hydrogens (tertiary/aromatic N) is 8. The van der Waals surface area contributed by atoms with E-state index in [9.17, 15) is 4.79 Å². The molecule has 1 N–H and O–H groups in total. The highest BCUT2D eigenvalue weighted by Gasteiger charge is 2.69. The van der Waals surface area contributed by atoms with Crippen LogP contribution in [0.5, 0.6) is 0 Å². The van der Waals surface area contributed by atoms with Gasteiger partial charge in [-0.25, -0.2) is 19.3 Å². The molecule has 4 aromatic heterocycles. The normalized spacial score (nSPS) is 24.4. The molecule has 4 heterocycles. The van der Waals surface area contributed by atoms with Gasteiger partial charge in [0.1, 0.15) is 11.8 Å². The van der Waals surface area contributed by atoms with Crippen LogP contribution in [-0.2, 0) is 12.6 Å². The number of rotatable bonds is 4. The summed E-state index contributed by atoms with van der Waals surface area (Å²) in [5.41, 5.74) is 3.70. The molecule has 4 aromatic rings. The summed E-state index contributed by atoms with van der Waals surface area (Å²) in [6, 6.07) is 4.22. The van der Waals surface area contributed by atoms with Crippen LogP contribution >= 0.6 is 0 Å². The van der Waals surface area contributed by atoms with E-state index in [2.05, 4.69) is 26.5 Å². The van der Waals surface area contributed by atoms with Crippen LogP contribution < -0.4 is 11.0 Å². The second-order valence-electron chi connectivity index (χ2n) is 8.73. The molecule has 0 amide bonds. The fourth-order valence-electron chi connectivity index (χ4n) is 5.34. The van der Waals surface area contributed by atoms with E-state index in [0.717, 1.165) is 36.2 Å². The lowest BCUT2D eigenvalue weighted by Crippen LogP contribution is -2.69. The van der Waals surface area contributed by atoms with Gasteiger partial charge in [0.15, 0.2) is 11.3 Å². The van der Waals surface area contributed by atoms with Crippen molar-refractivity contribution in [3.05, 3.63) is 40.8 Å². The van der Waals surface area contributed by atoms with E-state index in [1.54, 1.807) is 22.3 Å². The molecule has 10 nitrogen and oxygen atoms in total. The molecule has 0 spiro atoms. The van der Waals surface area contributed by atoms with Crippen LogP contribution in [0.3, 0.4) is 0 Å². The average molecular weight is 401 g/mol. The molecular formula is C20H19N9O. The molecule has 3 aliphatic rings. The van der Waals surface area contributed by atoms with E-state index in [0.29, 0.717) is 23.5 Å². The Morgan fingerprint density at radius 3 is 2.87 bits per heavy atom. The topological polar surface area (TPSA) is 119 Å². The van der Waals surface area contributed by atoms with Crippen LogP contribution in [0.25, 0.3) is 16.8 Å². The lowest BCUT2D eigenvalue weighted by atomic mass is 9.38. The Bertz CT molecular complexity index is 1430. The highest BCUT2D eigenvalue weighted by atomic mass is 16.2. The number of aryl methyl sites for hydroxylation is 2. The number of anilines is 2. The van der Waals surface area contributed by atoms with Crippen LogP contribution in [0.2, 0.25) is 0 Å². The zero-order chi connectivity index (χ0) is 20.7. The molecule has 3 fully saturated rings. The van der Waals surface area contributed by atoms with Gasteiger partial charge >= 0.3 is 5.69 Å². The van der Waals surface area contributed by atoms with E-state index in [-0.39, 0.29) is 16.6 Å². The maximum atomic E-state index is 13.0. The number of aromatic nitrogens is 7. The Morgan fingerprint density at radius 2 is 2.10 bits per heavy atom. The lowest BCUT2D eigenvalue weighted by Gasteiger charge is -2.70. The first-order chi connectivity index (χ1) is 14.4. The van der Waals surface area contributed by atoms with Crippen LogP contribution in [0, 0.1) is 23.7 Å². The van der Waals surface area contributed by atoms with Gasteiger partial charge in [-0.05, 0) is 43.2 Å². The van der Waals surface area contributed by atoms with Gasteiger partial charge in [-0.15, -0.1) is 0 Å². The summed E-state index contributed by atoms with van der Waals surface area (Å²) >= 11 is 0. The summed E-state index contributed by atoms with van der Waals surface area (Å²) in [5, 5.41) is 16.5. The first-order valence-corrected chi connectivity index (χ1v) is 9.83. The van der Waals surface area contributed by atoms with Gasteiger partial charge in [-0.3, -0.25) is 9.13 Å². The zero-order valence-electron chi connectivity index (χ0n) is 16.6. The maximum Gasteiger partial charge on any atom is 0.330 e. The molecule has 3 saturated carbocycles. The van der Waals surface area contributed by atoms with Crippen molar-refractivity contribution < 1.29 is 0 Å². The van der Waals surface area contributed by atoms with Crippen molar-refractivity contribution in [1.82, 2.24) is 33.7 Å². The predicted octanol–water partition coefficient (Wildman–Crippen LogP) is 2.02. The smallest absolute Gasteiger partial charge is 0.323 e. The number of pyridine rings is 1. The van der Waals surface area contributed by atoms with Crippen LogP contribution in [-0.4, -0.2) is 33.7 Å². The minimum atomic E-state index is -0.214. The van der Waals surface area contributed by atoms with Crippen LogP contribution in [0.1, 0.15) is 31.2 Å². The standard InChI is InChI=1S/C20H19N9O/c1-12-5-15-23-11-24-28(15)7-13(12)25-17-22-6-14-16(26-17)29(18(30)27(14)2)20-8-19(9-20,10-20)3-4-21/h5-7,11H,3,8-10H2,1-2H3,(H,22,25,26). The molecule has 3 aliphatic carbocycles. The van der Waals surface area contributed by atoms with Crippen molar-refractivity contribution in [2.75, 3.05) is 5.32 Å². The Balaban J connectivity index is 1.41. The van der Waals surface area contributed by atoms with Crippen molar-refractivity contribution in [3.8, 4) is 6.07 Å². The molecule has 0 unspecified atom stereocenters. The van der Waals surface area contributed by atoms with Crippen molar-refractivity contribution >= 4 is 28.4 Å². The second kappa shape index (κ2) is 5.44. The number of nitrogens with one attached hydrogen (secondary N) is 1. The molecule has 0 atom stereocenters. The average Bonchev–Trinajstić information content (AvgIpc) is 3.20. The number of fused-ring (bicyclic) bond motifs is 2. The SMILES string of the molecule is Cc1cc2ncnn2cc1Nc1ncc2c(n1)n(C13CC(CC#N)(C1)C3)c(=O)n2C. The highest BCUT2D eigenvalue weighted by molar-refractivity contribution is 5.74. The zero-order valence-corrected chi connectivity index (χ0v) is 16.6. The molecule has 10 heteroatoms. The molecular weight excluding hydrogens is 382 g/mol. The lowest BCUT2D eigenvalue weighted by molar-refractivity contribution is -0.183. The first-order valence-electron chi connectivity index (χ1n) is 9.83. The van der Waals surface area contributed by atoms with Gasteiger partial charge in [0.05, 0.1) is 29.7 Å². The molecule has 7 rings (SSSR count). The monoisotopic (exact) mass is 401 g/mol. The van der Waals surface area contributed by atoms with Gasteiger partial charge < -0.3 is 5.32 Å². The summed E-state index contributed by atoms with van der Waals surface area (Å²) in [6.45, 7) is 1.98. The maximum absolute atomic E-state index is 13.0. The predicted molar refractivity (Wildman–Crippen MR) is 108 cm³/mol. The summed E-state index contributed by atoms with van der Waals surface area (Å²) in [5.74, 6) is 0.419. The van der Waals surface area contributed by atoms with Crippen molar-refractivity contribution in [1.29, 1.82) is 5.26 Å². The van der Waals surface area contributed by atoms with E-state index in [4.69, 9.17) is 10.2 Å². The minimum absolute atomic E-state index is 0.0816. The van der Waals surface area contributed by atoms with E-state index < -0.39 is 0 Å². The highest BCUT2D eigenvalue weighted by Crippen LogP contribution is 2.72. The van der Waals surface area contributed by atoms with E-state index in [1.165, 1.54) is 6.33 Å². The molecule has 0 aliphatic heterocycles. The Morgan fingerprint density at radius 1 is 1.30 bits per heavy atom. The quantitative estimate of drug-likeness (QED) is 0.555. The third-order valence-electron chi connectivity index (χ3n) is 6.71. The number of hydrogen-bond donors (Lipinski definition) is 1. The Kier molecular flexibility index (Phi) is 3.11. The number of imidazole rings is 1. The summed E-state index contributed by atoms with van der Waals surface area (Å²) in [4.78, 5) is 26.3. The Labute approximate surface area is 170 Å².